The number of benzene rings is 1. The first-order valence-electron chi connectivity index (χ1n) is 6.05. The average Bonchev–Trinajstić information content (AvgIpc) is 2.82. The van der Waals surface area contributed by atoms with Crippen LogP contribution in [0, 0.1) is 0 Å². The van der Waals surface area contributed by atoms with Gasteiger partial charge in [-0.15, -0.1) is 0 Å². The minimum atomic E-state index is -0.590. The lowest BCUT2D eigenvalue weighted by atomic mass is 10.2. The van der Waals surface area contributed by atoms with Gasteiger partial charge in [-0.25, -0.2) is 0 Å². The summed E-state index contributed by atoms with van der Waals surface area (Å²) >= 11 is 0. The maximum Gasteiger partial charge on any atom is 0.251 e. The maximum absolute atomic E-state index is 11.6. The summed E-state index contributed by atoms with van der Waals surface area (Å²) in [4.78, 5) is 35.5. The number of hydrogen-bond acceptors (Lipinski definition) is 3. The Labute approximate surface area is 110 Å². The average molecular weight is 261 g/mol. The Morgan fingerprint density at radius 3 is 2.47 bits per heavy atom. The number of hydrogen-bond donors (Lipinski definition) is 2. The second-order valence-corrected chi connectivity index (χ2v) is 4.34. The summed E-state index contributed by atoms with van der Waals surface area (Å²) in [6, 6.07) is 6.69. The number of nitrogens with one attached hydrogen (secondary N) is 1. The first kappa shape index (κ1) is 13.1. The molecule has 0 saturated carbocycles. The Morgan fingerprint density at radius 2 is 1.95 bits per heavy atom. The third-order valence-electron chi connectivity index (χ3n) is 2.94. The van der Waals surface area contributed by atoms with Crippen molar-refractivity contribution in [2.75, 3.05) is 18.0 Å². The predicted octanol–water partition coefficient (Wildman–Crippen LogP) is 0.0285. The van der Waals surface area contributed by atoms with Gasteiger partial charge < -0.3 is 16.0 Å². The number of rotatable bonds is 4. The van der Waals surface area contributed by atoms with Gasteiger partial charge >= 0.3 is 0 Å². The van der Waals surface area contributed by atoms with Crippen LogP contribution in [-0.4, -0.2) is 30.8 Å². The molecule has 1 aliphatic heterocycles. The van der Waals surface area contributed by atoms with E-state index < -0.39 is 5.91 Å². The van der Waals surface area contributed by atoms with E-state index in [0.29, 0.717) is 18.5 Å². The SMILES string of the molecule is NC(=O)CNC(=O)c1ccc(N2CCCC2=O)cc1. The van der Waals surface area contributed by atoms with E-state index in [2.05, 4.69) is 5.32 Å². The molecule has 1 fully saturated rings. The third-order valence-corrected chi connectivity index (χ3v) is 2.94. The van der Waals surface area contributed by atoms with Crippen molar-refractivity contribution in [2.24, 2.45) is 5.73 Å². The maximum atomic E-state index is 11.6. The highest BCUT2D eigenvalue weighted by Gasteiger charge is 2.21. The molecule has 0 atom stereocenters. The van der Waals surface area contributed by atoms with Crippen LogP contribution in [0.2, 0.25) is 0 Å². The molecule has 6 nitrogen and oxygen atoms in total. The summed E-state index contributed by atoms with van der Waals surface area (Å²) in [5.74, 6) is -0.850. The fourth-order valence-corrected chi connectivity index (χ4v) is 1.98. The van der Waals surface area contributed by atoms with E-state index in [4.69, 9.17) is 5.73 Å². The Hall–Kier alpha value is -2.37. The zero-order valence-electron chi connectivity index (χ0n) is 10.4. The van der Waals surface area contributed by atoms with Crippen LogP contribution in [-0.2, 0) is 9.59 Å². The molecule has 0 spiro atoms. The van der Waals surface area contributed by atoms with Crippen LogP contribution in [0.25, 0.3) is 0 Å². The molecule has 3 N–H and O–H groups in total. The Morgan fingerprint density at radius 1 is 1.26 bits per heavy atom. The van der Waals surface area contributed by atoms with E-state index >= 15 is 0 Å². The fraction of sp³-hybridized carbons (Fsp3) is 0.308. The van der Waals surface area contributed by atoms with Crippen molar-refractivity contribution < 1.29 is 14.4 Å². The van der Waals surface area contributed by atoms with Crippen LogP contribution in [0.4, 0.5) is 5.69 Å². The summed E-state index contributed by atoms with van der Waals surface area (Å²) in [6.07, 6.45) is 1.43. The number of carbonyl (C=O) groups excluding carboxylic acids is 3. The molecule has 1 saturated heterocycles. The van der Waals surface area contributed by atoms with E-state index in [9.17, 15) is 14.4 Å². The zero-order valence-corrected chi connectivity index (χ0v) is 10.4. The molecule has 0 bridgehead atoms. The predicted molar refractivity (Wildman–Crippen MR) is 69.6 cm³/mol. The smallest absolute Gasteiger partial charge is 0.251 e. The Bertz CT molecular complexity index is 510. The van der Waals surface area contributed by atoms with Crippen LogP contribution in [0.15, 0.2) is 24.3 Å². The topological polar surface area (TPSA) is 92.5 Å². The number of nitrogens with two attached hydrogens (primary N) is 1. The van der Waals surface area contributed by atoms with Crippen LogP contribution in [0.3, 0.4) is 0 Å². The van der Waals surface area contributed by atoms with Crippen LogP contribution >= 0.6 is 0 Å². The summed E-state index contributed by atoms with van der Waals surface area (Å²) in [5.41, 5.74) is 6.16. The molecule has 1 heterocycles. The standard InChI is InChI=1S/C13H15N3O3/c14-11(17)8-15-13(19)9-3-5-10(6-4-9)16-7-1-2-12(16)18/h3-6H,1-2,7-8H2,(H2,14,17)(H,15,19). The highest BCUT2D eigenvalue weighted by atomic mass is 16.2. The minimum Gasteiger partial charge on any atom is -0.368 e. The monoisotopic (exact) mass is 261 g/mol. The van der Waals surface area contributed by atoms with Crippen molar-refractivity contribution in [1.82, 2.24) is 5.32 Å². The number of primary amides is 1. The molecule has 1 aromatic rings. The van der Waals surface area contributed by atoms with Gasteiger partial charge in [-0.2, -0.15) is 0 Å². The van der Waals surface area contributed by atoms with Gasteiger partial charge in [-0.1, -0.05) is 0 Å². The molecule has 1 aromatic carbocycles. The second-order valence-electron chi connectivity index (χ2n) is 4.34. The molecule has 0 unspecified atom stereocenters. The van der Waals surface area contributed by atoms with Crippen molar-refractivity contribution >= 4 is 23.4 Å². The first-order valence-corrected chi connectivity index (χ1v) is 6.05. The molecule has 6 heteroatoms. The molecule has 0 radical (unpaired) electrons. The summed E-state index contributed by atoms with van der Waals surface area (Å²) in [6.45, 7) is 0.525. The minimum absolute atomic E-state index is 0.103. The summed E-state index contributed by atoms with van der Waals surface area (Å²) in [7, 11) is 0. The third kappa shape index (κ3) is 3.09. The van der Waals surface area contributed by atoms with Gasteiger partial charge in [0.1, 0.15) is 0 Å². The number of nitrogens with zero attached hydrogens (tertiary/aromatic N) is 1. The van der Waals surface area contributed by atoms with Gasteiger partial charge in [0, 0.05) is 24.2 Å². The Balaban J connectivity index is 2.03. The lowest BCUT2D eigenvalue weighted by Gasteiger charge is -2.15. The summed E-state index contributed by atoms with van der Waals surface area (Å²) in [5, 5.41) is 2.40. The molecule has 0 aromatic heterocycles. The van der Waals surface area contributed by atoms with Crippen LogP contribution in [0.1, 0.15) is 23.2 Å². The molecular formula is C13H15N3O3. The van der Waals surface area contributed by atoms with E-state index in [-0.39, 0.29) is 18.4 Å². The molecule has 1 aliphatic rings. The molecule has 19 heavy (non-hydrogen) atoms. The van der Waals surface area contributed by atoms with E-state index in [1.807, 2.05) is 0 Å². The lowest BCUT2D eigenvalue weighted by molar-refractivity contribution is -0.117. The highest BCUT2D eigenvalue weighted by molar-refractivity contribution is 5.98. The number of carbonyl (C=O) groups is 3. The van der Waals surface area contributed by atoms with Gasteiger partial charge in [-0.05, 0) is 30.7 Å². The van der Waals surface area contributed by atoms with Crippen LogP contribution < -0.4 is 16.0 Å². The first-order chi connectivity index (χ1) is 9.08. The van der Waals surface area contributed by atoms with Gasteiger partial charge in [0.25, 0.3) is 5.91 Å². The van der Waals surface area contributed by atoms with Crippen LogP contribution in [0.5, 0.6) is 0 Å². The van der Waals surface area contributed by atoms with Crippen molar-refractivity contribution in [3.8, 4) is 0 Å². The normalized spacial score (nSPS) is 14.5. The number of anilines is 1. The zero-order chi connectivity index (χ0) is 13.8. The van der Waals surface area contributed by atoms with E-state index in [0.717, 1.165) is 12.1 Å². The highest BCUT2D eigenvalue weighted by Crippen LogP contribution is 2.21. The van der Waals surface area contributed by atoms with Gasteiger partial charge in [0.05, 0.1) is 6.54 Å². The van der Waals surface area contributed by atoms with Gasteiger partial charge in [0.15, 0.2) is 0 Å². The molecule has 3 amide bonds. The van der Waals surface area contributed by atoms with Crippen molar-refractivity contribution in [1.29, 1.82) is 0 Å². The van der Waals surface area contributed by atoms with Crippen molar-refractivity contribution in [3.05, 3.63) is 29.8 Å². The lowest BCUT2D eigenvalue weighted by Crippen LogP contribution is -2.33. The van der Waals surface area contributed by atoms with Gasteiger partial charge in [-0.3, -0.25) is 14.4 Å². The quantitative estimate of drug-likeness (QED) is 0.800. The number of amides is 3. The van der Waals surface area contributed by atoms with E-state index in [1.54, 1.807) is 29.2 Å². The molecule has 100 valence electrons. The van der Waals surface area contributed by atoms with Crippen molar-refractivity contribution in [2.45, 2.75) is 12.8 Å². The molecule has 0 aliphatic carbocycles. The summed E-state index contributed by atoms with van der Waals surface area (Å²) < 4.78 is 0. The fourth-order valence-electron chi connectivity index (χ4n) is 1.98. The molecule has 2 rings (SSSR count). The van der Waals surface area contributed by atoms with Crippen molar-refractivity contribution in [3.63, 3.8) is 0 Å². The Kier molecular flexibility index (Phi) is 3.79. The van der Waals surface area contributed by atoms with Gasteiger partial charge in [0.2, 0.25) is 11.8 Å². The second kappa shape index (κ2) is 5.51. The van der Waals surface area contributed by atoms with E-state index in [1.165, 1.54) is 0 Å². The molecular weight excluding hydrogens is 246 g/mol. The largest absolute Gasteiger partial charge is 0.368 e.